The number of methoxy groups -OCH3 is 1. The molecule has 0 saturated carbocycles. The maximum Gasteiger partial charge on any atom is 0.341 e. The lowest BCUT2D eigenvalue weighted by atomic mass is 10.1. The van der Waals surface area contributed by atoms with Gasteiger partial charge >= 0.3 is 5.97 Å². The molecule has 0 radical (unpaired) electrons. The minimum absolute atomic E-state index is 0.356. The number of aliphatic carboxylic acids is 1. The van der Waals surface area contributed by atoms with Gasteiger partial charge in [-0.2, -0.15) is 5.26 Å². The summed E-state index contributed by atoms with van der Waals surface area (Å²) in [6.45, 7) is -0.434. The van der Waals surface area contributed by atoms with E-state index in [1.807, 2.05) is 0 Å². The van der Waals surface area contributed by atoms with Crippen molar-refractivity contribution in [1.82, 2.24) is 0 Å². The number of rotatable bonds is 6. The number of hydrogen-bond donors (Lipinski definition) is 1. The highest BCUT2D eigenvalue weighted by Gasteiger charge is 2.21. The van der Waals surface area contributed by atoms with Gasteiger partial charge in [0.25, 0.3) is 0 Å². The van der Waals surface area contributed by atoms with E-state index in [-0.39, 0.29) is 0 Å². The van der Waals surface area contributed by atoms with Gasteiger partial charge in [0, 0.05) is 11.1 Å². The van der Waals surface area contributed by atoms with Crippen molar-refractivity contribution in [2.24, 2.45) is 4.99 Å². The molecule has 1 heterocycles. The highest BCUT2D eigenvalue weighted by molar-refractivity contribution is 7.16. The van der Waals surface area contributed by atoms with Crippen LogP contribution in [0.15, 0.2) is 23.2 Å². The Morgan fingerprint density at radius 2 is 2.28 bits per heavy atom. The molecular weight excluding hydrogens is 340 g/mol. The van der Waals surface area contributed by atoms with Crippen LogP contribution in [0.4, 0.5) is 5.00 Å². The van der Waals surface area contributed by atoms with Gasteiger partial charge < -0.3 is 14.6 Å². The predicted molar refractivity (Wildman–Crippen MR) is 94.4 cm³/mol. The molecule has 0 atom stereocenters. The molecule has 0 spiro atoms. The van der Waals surface area contributed by atoms with Crippen LogP contribution >= 0.6 is 11.3 Å². The molecule has 0 fully saturated rings. The number of carboxylic acid groups (broad SMARTS) is 1. The molecule has 0 saturated heterocycles. The first-order valence-corrected chi connectivity index (χ1v) is 8.55. The summed E-state index contributed by atoms with van der Waals surface area (Å²) in [4.78, 5) is 16.3. The molecule has 1 aromatic carbocycles. The van der Waals surface area contributed by atoms with Gasteiger partial charge in [0.15, 0.2) is 18.1 Å². The molecule has 3 rings (SSSR count). The number of nitrogens with zero attached hydrogens (tertiary/aromatic N) is 2. The van der Waals surface area contributed by atoms with Gasteiger partial charge in [0.05, 0.1) is 12.7 Å². The number of nitriles is 1. The quantitative estimate of drug-likeness (QED) is 0.802. The third kappa shape index (κ3) is 3.64. The second-order valence-electron chi connectivity index (χ2n) is 5.50. The lowest BCUT2D eigenvalue weighted by Gasteiger charge is -2.09. The molecule has 1 aliphatic rings. The van der Waals surface area contributed by atoms with Crippen molar-refractivity contribution < 1.29 is 19.4 Å². The van der Waals surface area contributed by atoms with Crippen LogP contribution in [0.2, 0.25) is 0 Å². The molecule has 128 valence electrons. The Kier molecular flexibility index (Phi) is 5.00. The van der Waals surface area contributed by atoms with Crippen molar-refractivity contribution in [3.8, 4) is 17.6 Å². The van der Waals surface area contributed by atoms with Gasteiger partial charge in [-0.1, -0.05) is 0 Å². The number of benzene rings is 1. The monoisotopic (exact) mass is 356 g/mol. The average molecular weight is 356 g/mol. The SMILES string of the molecule is COc1cc(/C=N/c2sc3c(c2C#N)CCC3)ccc1OCC(=O)O. The predicted octanol–water partition coefficient (Wildman–Crippen LogP) is 3.33. The van der Waals surface area contributed by atoms with Crippen molar-refractivity contribution >= 4 is 28.5 Å². The van der Waals surface area contributed by atoms with Crippen molar-refractivity contribution in [2.45, 2.75) is 19.3 Å². The van der Waals surface area contributed by atoms with Crippen molar-refractivity contribution in [3.05, 3.63) is 39.8 Å². The fourth-order valence-electron chi connectivity index (χ4n) is 2.75. The van der Waals surface area contributed by atoms with Gasteiger partial charge in [-0.15, -0.1) is 11.3 Å². The Labute approximate surface area is 149 Å². The third-order valence-electron chi connectivity index (χ3n) is 3.88. The first kappa shape index (κ1) is 17.0. The highest BCUT2D eigenvalue weighted by Crippen LogP contribution is 2.40. The molecule has 2 aromatic rings. The zero-order valence-corrected chi connectivity index (χ0v) is 14.4. The van der Waals surface area contributed by atoms with E-state index in [9.17, 15) is 10.1 Å². The minimum atomic E-state index is -1.05. The first-order valence-electron chi connectivity index (χ1n) is 7.73. The topological polar surface area (TPSA) is 91.9 Å². The highest BCUT2D eigenvalue weighted by atomic mass is 32.1. The average Bonchev–Trinajstić information content (AvgIpc) is 3.18. The van der Waals surface area contributed by atoms with E-state index in [0.717, 1.165) is 35.4 Å². The van der Waals surface area contributed by atoms with Crippen LogP contribution in [0.5, 0.6) is 11.5 Å². The number of ether oxygens (including phenoxy) is 2. The van der Waals surface area contributed by atoms with Crippen LogP contribution in [0.3, 0.4) is 0 Å². The smallest absolute Gasteiger partial charge is 0.341 e. The lowest BCUT2D eigenvalue weighted by Crippen LogP contribution is -2.10. The normalized spacial score (nSPS) is 12.8. The van der Waals surface area contributed by atoms with Crippen molar-refractivity contribution in [3.63, 3.8) is 0 Å². The Morgan fingerprint density at radius 3 is 3.00 bits per heavy atom. The summed E-state index contributed by atoms with van der Waals surface area (Å²) in [6.07, 6.45) is 4.75. The molecule has 0 unspecified atom stereocenters. The summed E-state index contributed by atoms with van der Waals surface area (Å²) in [6, 6.07) is 7.39. The molecule has 7 heteroatoms. The van der Waals surface area contributed by atoms with E-state index in [1.54, 1.807) is 35.8 Å². The number of aryl methyl sites for hydroxylation is 1. The maximum absolute atomic E-state index is 10.6. The summed E-state index contributed by atoms with van der Waals surface area (Å²) >= 11 is 1.58. The van der Waals surface area contributed by atoms with Crippen LogP contribution in [0.1, 0.15) is 28.0 Å². The number of hydrogen-bond acceptors (Lipinski definition) is 6. The summed E-state index contributed by atoms with van der Waals surface area (Å²) in [5.41, 5.74) is 2.61. The van der Waals surface area contributed by atoms with Gasteiger partial charge in [0.1, 0.15) is 11.1 Å². The molecule has 1 aromatic heterocycles. The van der Waals surface area contributed by atoms with Crippen molar-refractivity contribution in [1.29, 1.82) is 5.26 Å². The number of aliphatic imine (C=N–C) groups is 1. The Hall–Kier alpha value is -2.85. The lowest BCUT2D eigenvalue weighted by molar-refractivity contribution is -0.139. The number of carbonyl (C=O) groups is 1. The molecule has 6 nitrogen and oxygen atoms in total. The first-order chi connectivity index (χ1) is 12.1. The van der Waals surface area contributed by atoms with Crippen LogP contribution in [-0.4, -0.2) is 31.0 Å². The Balaban J connectivity index is 1.82. The molecule has 0 bridgehead atoms. The molecule has 25 heavy (non-hydrogen) atoms. The van der Waals surface area contributed by atoms with Crippen LogP contribution in [-0.2, 0) is 17.6 Å². The third-order valence-corrected chi connectivity index (χ3v) is 5.08. The Morgan fingerprint density at radius 1 is 1.44 bits per heavy atom. The summed E-state index contributed by atoms with van der Waals surface area (Å²) in [5, 5.41) is 18.8. The number of carboxylic acids is 1. The fraction of sp³-hybridized carbons (Fsp3) is 0.278. The van der Waals surface area contributed by atoms with Gasteiger partial charge in [-0.05, 0) is 48.6 Å². The molecule has 0 amide bonds. The molecule has 1 N–H and O–H groups in total. The molecule has 1 aliphatic carbocycles. The molecule has 0 aliphatic heterocycles. The zero-order chi connectivity index (χ0) is 17.8. The minimum Gasteiger partial charge on any atom is -0.493 e. The second-order valence-corrected chi connectivity index (χ2v) is 6.58. The van der Waals surface area contributed by atoms with E-state index in [2.05, 4.69) is 11.1 Å². The summed E-state index contributed by atoms with van der Waals surface area (Å²) in [5.74, 6) is -0.267. The van der Waals surface area contributed by atoms with Crippen molar-refractivity contribution in [2.75, 3.05) is 13.7 Å². The standard InChI is InChI=1S/C18H16N2O4S/c1-23-15-7-11(5-6-14(15)24-10-17(21)22)9-20-18-13(8-19)12-3-2-4-16(12)25-18/h5-7,9H,2-4,10H2,1H3,(H,21,22)/b20-9+. The van der Waals surface area contributed by atoms with Crippen LogP contribution < -0.4 is 9.47 Å². The largest absolute Gasteiger partial charge is 0.493 e. The van der Waals surface area contributed by atoms with E-state index in [1.165, 1.54) is 12.0 Å². The maximum atomic E-state index is 10.6. The Bertz CT molecular complexity index is 880. The number of fused-ring (bicyclic) bond motifs is 1. The van der Waals surface area contributed by atoms with Gasteiger partial charge in [-0.25, -0.2) is 9.79 Å². The van der Waals surface area contributed by atoms with Gasteiger partial charge in [-0.3, -0.25) is 0 Å². The van der Waals surface area contributed by atoms with E-state index >= 15 is 0 Å². The van der Waals surface area contributed by atoms with E-state index in [0.29, 0.717) is 17.1 Å². The van der Waals surface area contributed by atoms with Crippen LogP contribution in [0.25, 0.3) is 0 Å². The van der Waals surface area contributed by atoms with E-state index in [4.69, 9.17) is 14.6 Å². The van der Waals surface area contributed by atoms with E-state index < -0.39 is 12.6 Å². The summed E-state index contributed by atoms with van der Waals surface area (Å²) < 4.78 is 10.4. The number of thiophene rings is 1. The second kappa shape index (κ2) is 7.36. The van der Waals surface area contributed by atoms with Gasteiger partial charge in [0.2, 0.25) is 0 Å². The fourth-order valence-corrected chi connectivity index (χ4v) is 3.94. The molecular formula is C18H16N2O4S. The van der Waals surface area contributed by atoms with Crippen LogP contribution in [0, 0.1) is 11.3 Å². The summed E-state index contributed by atoms with van der Waals surface area (Å²) in [7, 11) is 1.49. The zero-order valence-electron chi connectivity index (χ0n) is 13.6.